The highest BCUT2D eigenvalue weighted by atomic mass is 35.5. The van der Waals surface area contributed by atoms with Gasteiger partial charge in [0, 0.05) is 22.8 Å². The summed E-state index contributed by atoms with van der Waals surface area (Å²) >= 11 is 5.92. The van der Waals surface area contributed by atoms with Crippen LogP contribution < -0.4 is 4.74 Å². The van der Waals surface area contributed by atoms with Gasteiger partial charge in [-0.3, -0.25) is 4.57 Å². The van der Waals surface area contributed by atoms with Crippen LogP contribution in [0, 0.1) is 0 Å². The van der Waals surface area contributed by atoms with E-state index in [1.165, 1.54) is 0 Å². The Hall–Kier alpha value is -2.37. The standard InChI is InChI=1S/C17H17ClN4O/c1-21(2)10-13-9-15(22-11-19-20-12-22)5-8-17(13)23-16-6-3-14(18)4-7-16/h3-9,11-12H,10H2,1-2H3. The lowest BCUT2D eigenvalue weighted by Gasteiger charge is -2.16. The van der Waals surface area contributed by atoms with Gasteiger partial charge < -0.3 is 9.64 Å². The molecule has 118 valence electrons. The van der Waals surface area contributed by atoms with Crippen molar-refractivity contribution in [3.05, 3.63) is 65.7 Å². The first-order valence-corrected chi connectivity index (χ1v) is 7.56. The molecule has 0 aliphatic carbocycles. The Morgan fingerprint density at radius 2 is 1.74 bits per heavy atom. The number of aromatic nitrogens is 3. The number of halogens is 1. The average molecular weight is 329 g/mol. The van der Waals surface area contributed by atoms with Crippen LogP contribution in [0.15, 0.2) is 55.1 Å². The predicted molar refractivity (Wildman–Crippen MR) is 90.3 cm³/mol. The maximum Gasteiger partial charge on any atom is 0.132 e. The molecule has 0 fully saturated rings. The molecule has 0 unspecified atom stereocenters. The summed E-state index contributed by atoms with van der Waals surface area (Å²) in [6, 6.07) is 13.4. The van der Waals surface area contributed by atoms with Gasteiger partial charge in [0.25, 0.3) is 0 Å². The summed E-state index contributed by atoms with van der Waals surface area (Å²) in [7, 11) is 4.05. The molecule has 0 aliphatic heterocycles. The van der Waals surface area contributed by atoms with E-state index in [9.17, 15) is 0 Å². The van der Waals surface area contributed by atoms with Crippen LogP contribution >= 0.6 is 11.6 Å². The predicted octanol–water partition coefficient (Wildman–Crippen LogP) is 3.77. The molecule has 1 aromatic heterocycles. The Bertz CT molecular complexity index is 770. The van der Waals surface area contributed by atoms with E-state index in [1.54, 1.807) is 12.7 Å². The minimum Gasteiger partial charge on any atom is -0.457 e. The summed E-state index contributed by atoms with van der Waals surface area (Å²) in [4.78, 5) is 2.10. The Kier molecular flexibility index (Phi) is 4.60. The summed E-state index contributed by atoms with van der Waals surface area (Å²) < 4.78 is 7.88. The molecule has 3 aromatic rings. The van der Waals surface area contributed by atoms with Gasteiger partial charge in [0.2, 0.25) is 0 Å². The molecule has 0 spiro atoms. The molecule has 1 heterocycles. The van der Waals surface area contributed by atoms with Gasteiger partial charge in [-0.05, 0) is 56.6 Å². The highest BCUT2D eigenvalue weighted by molar-refractivity contribution is 6.30. The SMILES string of the molecule is CN(C)Cc1cc(-n2cnnc2)ccc1Oc1ccc(Cl)cc1. The number of hydrogen-bond acceptors (Lipinski definition) is 4. The Balaban J connectivity index is 1.93. The Morgan fingerprint density at radius 1 is 1.04 bits per heavy atom. The third-order valence-corrected chi connectivity index (χ3v) is 3.54. The lowest BCUT2D eigenvalue weighted by Crippen LogP contribution is -2.12. The van der Waals surface area contributed by atoms with Crippen molar-refractivity contribution in [1.29, 1.82) is 0 Å². The van der Waals surface area contributed by atoms with Gasteiger partial charge in [0.05, 0.1) is 0 Å². The lowest BCUT2D eigenvalue weighted by atomic mass is 10.1. The molecule has 0 saturated carbocycles. The highest BCUT2D eigenvalue weighted by Crippen LogP contribution is 2.29. The van der Waals surface area contributed by atoms with Crippen LogP contribution in [-0.2, 0) is 6.54 Å². The van der Waals surface area contributed by atoms with E-state index in [0.717, 1.165) is 29.3 Å². The zero-order valence-electron chi connectivity index (χ0n) is 13.0. The molecule has 6 heteroatoms. The first-order valence-electron chi connectivity index (χ1n) is 7.18. The average Bonchev–Trinajstić information content (AvgIpc) is 3.05. The lowest BCUT2D eigenvalue weighted by molar-refractivity contribution is 0.388. The van der Waals surface area contributed by atoms with E-state index in [0.29, 0.717) is 5.02 Å². The van der Waals surface area contributed by atoms with Crippen LogP contribution in [0.2, 0.25) is 5.02 Å². The maximum atomic E-state index is 6.01. The second kappa shape index (κ2) is 6.81. The molecule has 2 aromatic carbocycles. The number of benzene rings is 2. The molecule has 0 atom stereocenters. The van der Waals surface area contributed by atoms with Crippen molar-refractivity contribution >= 4 is 11.6 Å². The van der Waals surface area contributed by atoms with Crippen molar-refractivity contribution in [2.75, 3.05) is 14.1 Å². The first-order chi connectivity index (χ1) is 11.1. The topological polar surface area (TPSA) is 43.2 Å². The first kappa shape index (κ1) is 15.5. The maximum absolute atomic E-state index is 6.01. The van der Waals surface area contributed by atoms with E-state index in [4.69, 9.17) is 16.3 Å². The fourth-order valence-corrected chi connectivity index (χ4v) is 2.38. The molecule has 0 saturated heterocycles. The second-order valence-electron chi connectivity index (χ2n) is 5.45. The van der Waals surface area contributed by atoms with Crippen molar-refractivity contribution in [2.45, 2.75) is 6.54 Å². The van der Waals surface area contributed by atoms with Gasteiger partial charge in [-0.25, -0.2) is 0 Å². The van der Waals surface area contributed by atoms with Crippen LogP contribution in [0.4, 0.5) is 0 Å². The van der Waals surface area contributed by atoms with E-state index in [-0.39, 0.29) is 0 Å². The molecule has 23 heavy (non-hydrogen) atoms. The van der Waals surface area contributed by atoms with E-state index in [1.807, 2.05) is 55.1 Å². The van der Waals surface area contributed by atoms with E-state index < -0.39 is 0 Å². The highest BCUT2D eigenvalue weighted by Gasteiger charge is 2.09. The van der Waals surface area contributed by atoms with Gasteiger partial charge in [-0.2, -0.15) is 0 Å². The molecule has 3 rings (SSSR count). The summed E-state index contributed by atoms with van der Waals surface area (Å²) in [5.41, 5.74) is 2.08. The fourth-order valence-electron chi connectivity index (χ4n) is 2.25. The molecule has 0 radical (unpaired) electrons. The van der Waals surface area contributed by atoms with E-state index >= 15 is 0 Å². The largest absolute Gasteiger partial charge is 0.457 e. The van der Waals surface area contributed by atoms with Crippen molar-refractivity contribution in [3.63, 3.8) is 0 Å². The number of ether oxygens (including phenoxy) is 1. The third-order valence-electron chi connectivity index (χ3n) is 3.29. The Morgan fingerprint density at radius 3 is 2.39 bits per heavy atom. The molecular formula is C17H17ClN4O. The smallest absolute Gasteiger partial charge is 0.132 e. The summed E-state index contributed by atoms with van der Waals surface area (Å²) in [6.45, 7) is 0.763. The van der Waals surface area contributed by atoms with Gasteiger partial charge in [0.1, 0.15) is 24.2 Å². The van der Waals surface area contributed by atoms with Crippen molar-refractivity contribution in [1.82, 2.24) is 19.7 Å². The van der Waals surface area contributed by atoms with Crippen LogP contribution in [0.5, 0.6) is 11.5 Å². The van der Waals surface area contributed by atoms with Crippen LogP contribution in [0.1, 0.15) is 5.56 Å². The zero-order valence-corrected chi connectivity index (χ0v) is 13.7. The van der Waals surface area contributed by atoms with E-state index in [2.05, 4.69) is 21.2 Å². The van der Waals surface area contributed by atoms with Gasteiger partial charge in [-0.15, -0.1) is 10.2 Å². The minimum absolute atomic E-state index is 0.689. The van der Waals surface area contributed by atoms with Gasteiger partial charge >= 0.3 is 0 Å². The normalized spacial score (nSPS) is 11.0. The summed E-state index contributed by atoms with van der Waals surface area (Å²) in [5, 5.41) is 8.38. The number of nitrogens with zero attached hydrogens (tertiary/aromatic N) is 4. The monoisotopic (exact) mass is 328 g/mol. The molecular weight excluding hydrogens is 312 g/mol. The van der Waals surface area contributed by atoms with Crippen molar-refractivity contribution in [3.8, 4) is 17.2 Å². The van der Waals surface area contributed by atoms with Crippen LogP contribution in [-0.4, -0.2) is 33.8 Å². The fraction of sp³-hybridized carbons (Fsp3) is 0.176. The zero-order chi connectivity index (χ0) is 16.2. The number of rotatable bonds is 5. The summed E-state index contributed by atoms with van der Waals surface area (Å²) in [6.07, 6.45) is 3.35. The summed E-state index contributed by atoms with van der Waals surface area (Å²) in [5.74, 6) is 1.57. The molecule has 0 aliphatic rings. The molecule has 0 bridgehead atoms. The van der Waals surface area contributed by atoms with Crippen molar-refractivity contribution < 1.29 is 4.74 Å². The van der Waals surface area contributed by atoms with Gasteiger partial charge in [-0.1, -0.05) is 11.6 Å². The quantitative estimate of drug-likeness (QED) is 0.715. The molecule has 5 nitrogen and oxygen atoms in total. The third kappa shape index (κ3) is 3.88. The van der Waals surface area contributed by atoms with Crippen LogP contribution in [0.3, 0.4) is 0 Å². The minimum atomic E-state index is 0.689. The van der Waals surface area contributed by atoms with Crippen LogP contribution in [0.25, 0.3) is 5.69 Å². The molecule has 0 amide bonds. The number of hydrogen-bond donors (Lipinski definition) is 0. The van der Waals surface area contributed by atoms with Crippen molar-refractivity contribution in [2.24, 2.45) is 0 Å². The second-order valence-corrected chi connectivity index (χ2v) is 5.89. The Labute approximate surface area is 140 Å². The molecule has 0 N–H and O–H groups in total. The van der Waals surface area contributed by atoms with Gasteiger partial charge in [0.15, 0.2) is 0 Å².